The van der Waals surface area contributed by atoms with E-state index in [1.165, 1.54) is 4.90 Å². The van der Waals surface area contributed by atoms with Gasteiger partial charge in [0.15, 0.2) is 0 Å². The second-order valence-electron chi connectivity index (χ2n) is 5.21. The van der Waals surface area contributed by atoms with Gasteiger partial charge in [0.2, 0.25) is 5.91 Å². The molecule has 1 aromatic rings. The highest BCUT2D eigenvalue weighted by molar-refractivity contribution is 14.1. The standard InChI is InChI=1S/C15H18F3IN2O2/c1-21(2)13(22)11(19)8-9-12(10-6-4-3-5-7-10)20-14(23)15(16,17)18/h3-7,11-12H,8-9H2,1-2H3,(H,20,23)/t11?,12-/m1/s1. The van der Waals surface area contributed by atoms with Crippen molar-refractivity contribution in [1.82, 2.24) is 10.2 Å². The third-order valence-electron chi connectivity index (χ3n) is 3.18. The Kier molecular flexibility index (Phi) is 7.30. The van der Waals surface area contributed by atoms with Crippen molar-refractivity contribution in [3.8, 4) is 0 Å². The number of alkyl halides is 4. The van der Waals surface area contributed by atoms with Crippen LogP contribution in [0, 0.1) is 0 Å². The van der Waals surface area contributed by atoms with Crippen LogP contribution in [0.4, 0.5) is 13.2 Å². The molecule has 0 radical (unpaired) electrons. The van der Waals surface area contributed by atoms with Crippen LogP contribution in [0.3, 0.4) is 0 Å². The van der Waals surface area contributed by atoms with Crippen molar-refractivity contribution in [1.29, 1.82) is 0 Å². The van der Waals surface area contributed by atoms with E-state index in [0.717, 1.165) is 0 Å². The third kappa shape index (κ3) is 6.36. The molecule has 1 rings (SSSR count). The van der Waals surface area contributed by atoms with Crippen LogP contribution in [0.5, 0.6) is 0 Å². The van der Waals surface area contributed by atoms with Gasteiger partial charge < -0.3 is 10.2 Å². The van der Waals surface area contributed by atoms with E-state index >= 15 is 0 Å². The van der Waals surface area contributed by atoms with Crippen molar-refractivity contribution in [2.24, 2.45) is 0 Å². The first-order chi connectivity index (χ1) is 10.6. The zero-order chi connectivity index (χ0) is 17.6. The highest BCUT2D eigenvalue weighted by atomic mass is 127. The molecule has 2 amide bonds. The maximum atomic E-state index is 12.5. The fourth-order valence-corrected chi connectivity index (χ4v) is 2.88. The summed E-state index contributed by atoms with van der Waals surface area (Å²) >= 11 is 1.96. The first-order valence-electron chi connectivity index (χ1n) is 6.90. The average Bonchev–Trinajstić information content (AvgIpc) is 2.49. The van der Waals surface area contributed by atoms with Crippen molar-refractivity contribution in [3.63, 3.8) is 0 Å². The summed E-state index contributed by atoms with van der Waals surface area (Å²) in [6.45, 7) is 0. The van der Waals surface area contributed by atoms with Gasteiger partial charge >= 0.3 is 12.1 Å². The lowest BCUT2D eigenvalue weighted by molar-refractivity contribution is -0.174. The second kappa shape index (κ2) is 8.51. The predicted octanol–water partition coefficient (Wildman–Crippen LogP) is 3.08. The van der Waals surface area contributed by atoms with Crippen molar-refractivity contribution >= 4 is 34.4 Å². The number of nitrogens with one attached hydrogen (secondary N) is 1. The molecule has 1 N–H and O–H groups in total. The maximum Gasteiger partial charge on any atom is 0.471 e. The fourth-order valence-electron chi connectivity index (χ4n) is 1.96. The molecule has 0 bridgehead atoms. The molecule has 1 unspecified atom stereocenters. The summed E-state index contributed by atoms with van der Waals surface area (Å²) in [6.07, 6.45) is -4.34. The van der Waals surface area contributed by atoms with E-state index in [4.69, 9.17) is 0 Å². The molecule has 128 valence electrons. The van der Waals surface area contributed by atoms with Gasteiger partial charge in [-0.05, 0) is 18.4 Å². The summed E-state index contributed by atoms with van der Waals surface area (Å²) in [5.41, 5.74) is 0.575. The zero-order valence-corrected chi connectivity index (χ0v) is 14.9. The van der Waals surface area contributed by atoms with Gasteiger partial charge in [-0.1, -0.05) is 52.9 Å². The maximum absolute atomic E-state index is 12.5. The van der Waals surface area contributed by atoms with Gasteiger partial charge in [0.05, 0.1) is 9.97 Å². The third-order valence-corrected chi connectivity index (χ3v) is 4.34. The van der Waals surface area contributed by atoms with E-state index in [0.29, 0.717) is 12.0 Å². The lowest BCUT2D eigenvalue weighted by Gasteiger charge is -2.22. The molecule has 8 heteroatoms. The number of benzene rings is 1. The lowest BCUT2D eigenvalue weighted by Crippen LogP contribution is -2.39. The van der Waals surface area contributed by atoms with Crippen LogP contribution in [0.1, 0.15) is 24.4 Å². The molecule has 4 nitrogen and oxygen atoms in total. The minimum absolute atomic E-state index is 0.112. The molecule has 0 aromatic heterocycles. The number of halogens is 4. The van der Waals surface area contributed by atoms with Crippen molar-refractivity contribution in [2.45, 2.75) is 29.0 Å². The largest absolute Gasteiger partial charge is 0.471 e. The number of rotatable bonds is 6. The number of hydrogen-bond acceptors (Lipinski definition) is 2. The highest BCUT2D eigenvalue weighted by Crippen LogP contribution is 2.24. The van der Waals surface area contributed by atoms with Gasteiger partial charge in [-0.3, -0.25) is 9.59 Å². The van der Waals surface area contributed by atoms with Crippen LogP contribution in [0.2, 0.25) is 0 Å². The van der Waals surface area contributed by atoms with Gasteiger partial charge in [-0.15, -0.1) is 0 Å². The number of carbonyl (C=O) groups is 2. The Bertz CT molecular complexity index is 535. The zero-order valence-electron chi connectivity index (χ0n) is 12.7. The number of nitrogens with zero attached hydrogens (tertiary/aromatic N) is 1. The van der Waals surface area contributed by atoms with Crippen LogP contribution in [-0.2, 0) is 9.59 Å². The summed E-state index contributed by atoms with van der Waals surface area (Å²) in [4.78, 5) is 24.5. The van der Waals surface area contributed by atoms with Crippen LogP contribution in [-0.4, -0.2) is 40.9 Å². The summed E-state index contributed by atoms with van der Waals surface area (Å²) in [5.74, 6) is -2.09. The summed E-state index contributed by atoms with van der Waals surface area (Å²) in [5, 5.41) is 2.00. The van der Waals surface area contributed by atoms with Crippen LogP contribution in [0.25, 0.3) is 0 Å². The molecule has 23 heavy (non-hydrogen) atoms. The smallest absolute Gasteiger partial charge is 0.348 e. The van der Waals surface area contributed by atoms with E-state index < -0.39 is 18.1 Å². The molecule has 2 atom stereocenters. The number of carbonyl (C=O) groups excluding carboxylic acids is 2. The molecule has 0 saturated heterocycles. The van der Waals surface area contributed by atoms with E-state index in [1.807, 2.05) is 27.9 Å². The van der Waals surface area contributed by atoms with Crippen molar-refractivity contribution in [2.75, 3.05) is 14.1 Å². The van der Waals surface area contributed by atoms with E-state index in [-0.39, 0.29) is 16.3 Å². The van der Waals surface area contributed by atoms with E-state index in [9.17, 15) is 22.8 Å². The van der Waals surface area contributed by atoms with Gasteiger partial charge in [-0.2, -0.15) is 13.2 Å². The molecule has 0 saturated carbocycles. The molecule has 0 aliphatic heterocycles. The average molecular weight is 442 g/mol. The Morgan fingerprint density at radius 3 is 2.22 bits per heavy atom. The molecule has 0 heterocycles. The van der Waals surface area contributed by atoms with Crippen LogP contribution < -0.4 is 5.32 Å². The molecule has 0 fully saturated rings. The first kappa shape index (κ1) is 19.7. The minimum atomic E-state index is -4.93. The minimum Gasteiger partial charge on any atom is -0.348 e. The summed E-state index contributed by atoms with van der Waals surface area (Å²) in [7, 11) is 3.24. The summed E-state index contributed by atoms with van der Waals surface area (Å²) < 4.78 is 37.1. The Balaban J connectivity index is 2.81. The summed E-state index contributed by atoms with van der Waals surface area (Å²) in [6, 6.07) is 7.62. The van der Waals surface area contributed by atoms with Crippen LogP contribution >= 0.6 is 22.6 Å². The SMILES string of the molecule is CN(C)C(=O)C(I)CC[C@@H](NC(=O)C(F)(F)F)c1ccccc1. The van der Waals surface area contributed by atoms with E-state index in [2.05, 4.69) is 0 Å². The predicted molar refractivity (Wildman–Crippen MR) is 89.1 cm³/mol. The Hall–Kier alpha value is -1.32. The first-order valence-corrected chi connectivity index (χ1v) is 8.15. The number of amides is 2. The lowest BCUT2D eigenvalue weighted by atomic mass is 10.0. The molecule has 1 aromatic carbocycles. The van der Waals surface area contributed by atoms with Gasteiger partial charge in [0.1, 0.15) is 0 Å². The molecular formula is C15H18F3IN2O2. The molecule has 0 spiro atoms. The van der Waals surface area contributed by atoms with Crippen molar-refractivity contribution < 1.29 is 22.8 Å². The fraction of sp³-hybridized carbons (Fsp3) is 0.467. The molecule has 0 aliphatic carbocycles. The monoisotopic (exact) mass is 442 g/mol. The highest BCUT2D eigenvalue weighted by Gasteiger charge is 2.40. The van der Waals surface area contributed by atoms with Crippen LogP contribution in [0.15, 0.2) is 30.3 Å². The van der Waals surface area contributed by atoms with Crippen molar-refractivity contribution in [3.05, 3.63) is 35.9 Å². The Morgan fingerprint density at radius 1 is 1.17 bits per heavy atom. The van der Waals surface area contributed by atoms with Gasteiger partial charge in [-0.25, -0.2) is 0 Å². The van der Waals surface area contributed by atoms with Gasteiger partial charge in [0, 0.05) is 14.1 Å². The number of hydrogen-bond donors (Lipinski definition) is 1. The molecular weight excluding hydrogens is 424 g/mol. The van der Waals surface area contributed by atoms with E-state index in [1.54, 1.807) is 44.4 Å². The second-order valence-corrected chi connectivity index (χ2v) is 6.72. The Labute approximate surface area is 146 Å². The molecule has 0 aliphatic rings. The topological polar surface area (TPSA) is 49.4 Å². The van der Waals surface area contributed by atoms with Gasteiger partial charge in [0.25, 0.3) is 0 Å². The Morgan fingerprint density at radius 2 is 1.74 bits per heavy atom. The quantitative estimate of drug-likeness (QED) is 0.544. The normalized spacial score (nSPS) is 14.0.